The molecule has 1 aliphatic rings. The maximum Gasteiger partial charge on any atom is 0.253 e. The highest BCUT2D eigenvalue weighted by atomic mass is 16.5. The van der Waals surface area contributed by atoms with E-state index in [0.29, 0.717) is 24.5 Å². The number of rotatable bonds is 4. The summed E-state index contributed by atoms with van der Waals surface area (Å²) in [6.07, 6.45) is 4.46. The molecule has 25 heavy (non-hydrogen) atoms. The molecule has 1 unspecified atom stereocenters. The smallest absolute Gasteiger partial charge is 0.253 e. The molecule has 1 aromatic heterocycles. The number of benzene rings is 1. The van der Waals surface area contributed by atoms with Crippen molar-refractivity contribution in [3.05, 3.63) is 48.0 Å². The van der Waals surface area contributed by atoms with E-state index in [2.05, 4.69) is 15.3 Å². The number of anilines is 2. The number of ether oxygens (including phenoxy) is 1. The van der Waals surface area contributed by atoms with Gasteiger partial charge in [0.2, 0.25) is 5.91 Å². The van der Waals surface area contributed by atoms with E-state index in [1.54, 1.807) is 17.0 Å². The van der Waals surface area contributed by atoms with E-state index in [1.807, 2.05) is 13.0 Å². The Morgan fingerprint density at radius 3 is 2.92 bits per heavy atom. The number of morpholine rings is 1. The number of hydrogen-bond donors (Lipinski definition) is 2. The van der Waals surface area contributed by atoms with Crippen molar-refractivity contribution < 1.29 is 14.3 Å². The van der Waals surface area contributed by atoms with Crippen LogP contribution in [0.5, 0.6) is 0 Å². The summed E-state index contributed by atoms with van der Waals surface area (Å²) < 4.78 is 5.14. The first kappa shape index (κ1) is 17.0. The van der Waals surface area contributed by atoms with Gasteiger partial charge in [0.05, 0.1) is 18.5 Å². The summed E-state index contributed by atoms with van der Waals surface area (Å²) >= 11 is 0. The quantitative estimate of drug-likeness (QED) is 0.850. The minimum Gasteiger partial charge on any atom is -0.370 e. The molecule has 3 N–H and O–H groups in total. The van der Waals surface area contributed by atoms with Gasteiger partial charge < -0.3 is 20.7 Å². The topological polar surface area (TPSA) is 110 Å². The summed E-state index contributed by atoms with van der Waals surface area (Å²) in [4.78, 5) is 33.9. The summed E-state index contributed by atoms with van der Waals surface area (Å²) in [5.74, 6) is -0.453. The maximum absolute atomic E-state index is 12.3. The standard InChI is InChI=1S/C17H19N5O3/c1-11-8-12(2-3-14(11)22-6-7-25-10-15(22)23)21-17(24)16(18)13-9-19-4-5-20-13/h2-5,8-9,16H,6-7,10,18H2,1H3,(H,21,24). The van der Waals surface area contributed by atoms with Crippen molar-refractivity contribution in [2.45, 2.75) is 13.0 Å². The van der Waals surface area contributed by atoms with Crippen LogP contribution in [-0.4, -0.2) is 41.5 Å². The highest BCUT2D eigenvalue weighted by Gasteiger charge is 2.22. The zero-order valence-corrected chi connectivity index (χ0v) is 13.8. The van der Waals surface area contributed by atoms with Gasteiger partial charge in [0.15, 0.2) is 0 Å². The second-order valence-corrected chi connectivity index (χ2v) is 5.70. The van der Waals surface area contributed by atoms with Gasteiger partial charge in [-0.1, -0.05) is 0 Å². The summed E-state index contributed by atoms with van der Waals surface area (Å²) in [6.45, 7) is 3.00. The second-order valence-electron chi connectivity index (χ2n) is 5.70. The van der Waals surface area contributed by atoms with Gasteiger partial charge in [-0.2, -0.15) is 0 Å². The van der Waals surface area contributed by atoms with Crippen molar-refractivity contribution in [3.63, 3.8) is 0 Å². The lowest BCUT2D eigenvalue weighted by atomic mass is 10.1. The monoisotopic (exact) mass is 341 g/mol. The summed E-state index contributed by atoms with van der Waals surface area (Å²) in [5, 5.41) is 2.76. The minimum absolute atomic E-state index is 0.0733. The highest BCUT2D eigenvalue weighted by molar-refractivity contribution is 5.97. The van der Waals surface area contributed by atoms with Crippen molar-refractivity contribution in [2.75, 3.05) is 30.0 Å². The average molecular weight is 341 g/mol. The van der Waals surface area contributed by atoms with Gasteiger partial charge >= 0.3 is 0 Å². The third kappa shape index (κ3) is 3.81. The largest absolute Gasteiger partial charge is 0.370 e. The number of nitrogens with one attached hydrogen (secondary N) is 1. The molecule has 2 aromatic rings. The zero-order chi connectivity index (χ0) is 17.8. The number of carbonyl (C=O) groups excluding carboxylic acids is 2. The minimum atomic E-state index is -0.908. The number of aryl methyl sites for hydroxylation is 1. The molecule has 0 bridgehead atoms. The van der Waals surface area contributed by atoms with Crippen LogP contribution in [-0.2, 0) is 14.3 Å². The maximum atomic E-state index is 12.3. The average Bonchev–Trinajstić information content (AvgIpc) is 2.63. The van der Waals surface area contributed by atoms with Crippen LogP contribution >= 0.6 is 0 Å². The van der Waals surface area contributed by atoms with Crippen molar-refractivity contribution in [1.82, 2.24) is 9.97 Å². The second kappa shape index (κ2) is 7.37. The number of nitrogens with two attached hydrogens (primary N) is 1. The molecule has 1 aliphatic heterocycles. The molecule has 1 saturated heterocycles. The third-order valence-electron chi connectivity index (χ3n) is 3.93. The van der Waals surface area contributed by atoms with Gasteiger partial charge in [-0.25, -0.2) is 0 Å². The van der Waals surface area contributed by atoms with Gasteiger partial charge in [0, 0.05) is 30.3 Å². The molecule has 0 saturated carbocycles. The fraction of sp³-hybridized carbons (Fsp3) is 0.294. The predicted octanol–water partition coefficient (Wildman–Crippen LogP) is 0.787. The van der Waals surface area contributed by atoms with Gasteiger partial charge in [-0.05, 0) is 30.7 Å². The molecule has 8 nitrogen and oxygen atoms in total. The lowest BCUT2D eigenvalue weighted by Crippen LogP contribution is -2.42. The normalized spacial score (nSPS) is 15.8. The molecule has 0 aliphatic carbocycles. The molecule has 1 atom stereocenters. The summed E-state index contributed by atoms with van der Waals surface area (Å²) in [5.41, 5.74) is 8.59. The highest BCUT2D eigenvalue weighted by Crippen LogP contribution is 2.25. The molecular weight excluding hydrogens is 322 g/mol. The van der Waals surface area contributed by atoms with Gasteiger partial charge in [0.25, 0.3) is 5.91 Å². The van der Waals surface area contributed by atoms with Crippen LogP contribution in [0.1, 0.15) is 17.3 Å². The van der Waals surface area contributed by atoms with Crippen molar-refractivity contribution in [1.29, 1.82) is 0 Å². The van der Waals surface area contributed by atoms with E-state index >= 15 is 0 Å². The first-order valence-electron chi connectivity index (χ1n) is 7.87. The lowest BCUT2D eigenvalue weighted by molar-refractivity contribution is -0.125. The molecule has 2 heterocycles. The van der Waals surface area contributed by atoms with Crippen LogP contribution in [0.25, 0.3) is 0 Å². The molecule has 8 heteroatoms. The Balaban J connectivity index is 1.72. The Morgan fingerprint density at radius 1 is 1.40 bits per heavy atom. The van der Waals surface area contributed by atoms with E-state index in [-0.39, 0.29) is 18.4 Å². The zero-order valence-electron chi connectivity index (χ0n) is 13.8. The summed E-state index contributed by atoms with van der Waals surface area (Å²) in [6, 6.07) is 4.45. The molecule has 1 fully saturated rings. The van der Waals surface area contributed by atoms with E-state index in [9.17, 15) is 9.59 Å². The number of amides is 2. The van der Waals surface area contributed by atoms with Gasteiger partial charge in [-0.15, -0.1) is 0 Å². The van der Waals surface area contributed by atoms with Crippen LogP contribution in [0, 0.1) is 6.92 Å². The SMILES string of the molecule is Cc1cc(NC(=O)C(N)c2cnccn2)ccc1N1CCOCC1=O. The van der Waals surface area contributed by atoms with Crippen molar-refractivity contribution in [3.8, 4) is 0 Å². The molecule has 2 amide bonds. The molecule has 3 rings (SSSR count). The van der Waals surface area contributed by atoms with Crippen LogP contribution in [0.4, 0.5) is 11.4 Å². The van der Waals surface area contributed by atoms with Crippen molar-refractivity contribution >= 4 is 23.2 Å². The van der Waals surface area contributed by atoms with E-state index in [4.69, 9.17) is 10.5 Å². The third-order valence-corrected chi connectivity index (χ3v) is 3.93. The Morgan fingerprint density at radius 2 is 2.24 bits per heavy atom. The Hall–Kier alpha value is -2.84. The van der Waals surface area contributed by atoms with Crippen molar-refractivity contribution in [2.24, 2.45) is 5.73 Å². The fourth-order valence-electron chi connectivity index (χ4n) is 2.63. The summed E-state index contributed by atoms with van der Waals surface area (Å²) in [7, 11) is 0. The van der Waals surface area contributed by atoms with E-state index < -0.39 is 6.04 Å². The predicted molar refractivity (Wildman–Crippen MR) is 91.9 cm³/mol. The number of nitrogens with zero attached hydrogens (tertiary/aromatic N) is 3. The van der Waals surface area contributed by atoms with Crippen LogP contribution in [0.3, 0.4) is 0 Å². The van der Waals surface area contributed by atoms with E-state index in [0.717, 1.165) is 11.3 Å². The Kier molecular flexibility index (Phi) is 5.01. The lowest BCUT2D eigenvalue weighted by Gasteiger charge is -2.28. The first-order valence-corrected chi connectivity index (χ1v) is 7.87. The van der Waals surface area contributed by atoms with E-state index in [1.165, 1.54) is 18.6 Å². The van der Waals surface area contributed by atoms with Gasteiger partial charge in [0.1, 0.15) is 12.6 Å². The van der Waals surface area contributed by atoms with Crippen LogP contribution < -0.4 is 16.0 Å². The van der Waals surface area contributed by atoms with Crippen LogP contribution in [0.2, 0.25) is 0 Å². The Labute approximate surface area is 145 Å². The molecule has 1 aromatic carbocycles. The number of aromatic nitrogens is 2. The number of carbonyl (C=O) groups is 2. The molecule has 0 spiro atoms. The molecule has 130 valence electrons. The van der Waals surface area contributed by atoms with Gasteiger partial charge in [-0.3, -0.25) is 19.6 Å². The fourth-order valence-corrected chi connectivity index (χ4v) is 2.63. The number of hydrogen-bond acceptors (Lipinski definition) is 6. The molecular formula is C17H19N5O3. The van der Waals surface area contributed by atoms with Crippen LogP contribution in [0.15, 0.2) is 36.8 Å². The Bertz CT molecular complexity index is 781. The first-order chi connectivity index (χ1) is 12.1. The molecule has 0 radical (unpaired) electrons.